The van der Waals surface area contributed by atoms with Crippen LogP contribution in [0.5, 0.6) is 0 Å². The minimum atomic E-state index is 0.577. The van der Waals surface area contributed by atoms with Crippen LogP contribution in [0.2, 0.25) is 0 Å². The number of benzene rings is 1. The van der Waals surface area contributed by atoms with Crippen molar-refractivity contribution in [3.05, 3.63) is 75.1 Å². The highest BCUT2D eigenvalue weighted by atomic mass is 32.1. The summed E-state index contributed by atoms with van der Waals surface area (Å²) in [5, 5.41) is 11.8. The maximum atomic E-state index is 6.03. The molecule has 0 aliphatic rings. The monoisotopic (exact) mass is 379 g/mol. The third kappa shape index (κ3) is 3.47. The molecule has 0 aliphatic carbocycles. The molecular weight excluding hydrogens is 362 g/mol. The number of hydrogen-bond donors (Lipinski definition) is 0. The van der Waals surface area contributed by atoms with Gasteiger partial charge in [-0.1, -0.05) is 30.4 Å². The lowest BCUT2D eigenvalue weighted by molar-refractivity contribution is 0.621. The highest BCUT2D eigenvalue weighted by Crippen LogP contribution is 2.28. The number of hydrogen-bond acceptors (Lipinski definition) is 5. The van der Waals surface area contributed by atoms with E-state index in [1.54, 1.807) is 22.7 Å². The molecule has 26 heavy (non-hydrogen) atoms. The van der Waals surface area contributed by atoms with Crippen LogP contribution in [0.3, 0.4) is 0 Å². The van der Waals surface area contributed by atoms with Gasteiger partial charge in [0.05, 0.1) is 12.8 Å². The fourth-order valence-corrected chi connectivity index (χ4v) is 3.90. The Bertz CT molecular complexity index is 1110. The molecule has 0 aliphatic heterocycles. The molecule has 6 heteroatoms. The molecular formula is C20H17N3OS2. The molecule has 3 heterocycles. The van der Waals surface area contributed by atoms with Gasteiger partial charge in [-0.3, -0.25) is 4.99 Å². The lowest BCUT2D eigenvalue weighted by Crippen LogP contribution is -2.12. The summed E-state index contributed by atoms with van der Waals surface area (Å²) in [7, 11) is 0. The van der Waals surface area contributed by atoms with Gasteiger partial charge in [-0.15, -0.1) is 11.3 Å². The van der Waals surface area contributed by atoms with Crippen LogP contribution < -0.4 is 4.80 Å². The highest BCUT2D eigenvalue weighted by Gasteiger charge is 2.12. The average Bonchev–Trinajstić information content (AvgIpc) is 3.36. The molecule has 4 aromatic rings. The summed E-state index contributed by atoms with van der Waals surface area (Å²) in [5.41, 5.74) is 3.83. The van der Waals surface area contributed by atoms with Crippen molar-refractivity contribution in [2.45, 2.75) is 6.92 Å². The minimum absolute atomic E-state index is 0.577. The first-order valence-electron chi connectivity index (χ1n) is 8.11. The SMILES string of the molecule is C=C(C)CN=c1scc(-c2cc3ccccc3o2)n1N=Cc1ccsc1. The Morgan fingerprint density at radius 2 is 2.15 bits per heavy atom. The van der Waals surface area contributed by atoms with Crippen LogP contribution in [0, 0.1) is 0 Å². The molecule has 3 aromatic heterocycles. The van der Waals surface area contributed by atoms with E-state index in [9.17, 15) is 0 Å². The lowest BCUT2D eigenvalue weighted by Gasteiger charge is -2.00. The van der Waals surface area contributed by atoms with E-state index >= 15 is 0 Å². The van der Waals surface area contributed by atoms with Gasteiger partial charge in [0, 0.05) is 16.3 Å². The van der Waals surface area contributed by atoms with Gasteiger partial charge in [0.15, 0.2) is 5.76 Å². The number of fused-ring (bicyclic) bond motifs is 1. The van der Waals surface area contributed by atoms with Gasteiger partial charge in [-0.05, 0) is 35.9 Å². The zero-order valence-electron chi connectivity index (χ0n) is 14.3. The molecule has 0 spiro atoms. The first kappa shape index (κ1) is 16.8. The number of nitrogens with zero attached hydrogens (tertiary/aromatic N) is 3. The first-order valence-corrected chi connectivity index (χ1v) is 9.94. The van der Waals surface area contributed by atoms with E-state index in [1.807, 2.05) is 65.0 Å². The number of thiazole rings is 1. The Morgan fingerprint density at radius 1 is 1.27 bits per heavy atom. The largest absolute Gasteiger partial charge is 0.454 e. The maximum absolute atomic E-state index is 6.03. The molecule has 0 N–H and O–H groups in total. The smallest absolute Gasteiger partial charge is 0.206 e. The number of aromatic nitrogens is 1. The third-order valence-corrected chi connectivity index (χ3v) is 5.27. The van der Waals surface area contributed by atoms with Crippen LogP contribution in [-0.4, -0.2) is 17.4 Å². The molecule has 0 saturated heterocycles. The molecule has 1 aromatic carbocycles. The summed E-state index contributed by atoms with van der Waals surface area (Å²) < 4.78 is 7.86. The molecule has 0 unspecified atom stereocenters. The van der Waals surface area contributed by atoms with Gasteiger partial charge in [0.2, 0.25) is 4.80 Å². The van der Waals surface area contributed by atoms with Crippen molar-refractivity contribution in [3.8, 4) is 11.5 Å². The van der Waals surface area contributed by atoms with E-state index in [2.05, 4.69) is 22.1 Å². The summed E-state index contributed by atoms with van der Waals surface area (Å²) in [6.45, 7) is 6.47. The molecule has 0 fully saturated rings. The summed E-state index contributed by atoms with van der Waals surface area (Å²) in [6.07, 6.45) is 1.84. The van der Waals surface area contributed by atoms with Crippen molar-refractivity contribution in [2.24, 2.45) is 10.1 Å². The molecule has 0 bridgehead atoms. The Morgan fingerprint density at radius 3 is 2.92 bits per heavy atom. The summed E-state index contributed by atoms with van der Waals surface area (Å²) in [5.74, 6) is 0.779. The van der Waals surface area contributed by atoms with Gasteiger partial charge in [-0.2, -0.15) is 16.4 Å². The molecule has 0 atom stereocenters. The fraction of sp³-hybridized carbons (Fsp3) is 0.100. The van der Waals surface area contributed by atoms with Gasteiger partial charge >= 0.3 is 0 Å². The quantitative estimate of drug-likeness (QED) is 0.339. The second-order valence-electron chi connectivity index (χ2n) is 5.94. The molecule has 4 rings (SSSR count). The Labute approximate surface area is 159 Å². The van der Waals surface area contributed by atoms with Crippen molar-refractivity contribution in [1.29, 1.82) is 0 Å². The van der Waals surface area contributed by atoms with Gasteiger partial charge < -0.3 is 4.42 Å². The molecule has 0 saturated carbocycles. The normalized spacial score (nSPS) is 12.4. The highest BCUT2D eigenvalue weighted by molar-refractivity contribution is 7.08. The number of rotatable bonds is 5. The van der Waals surface area contributed by atoms with Crippen LogP contribution in [0.15, 0.2) is 79.2 Å². The Balaban J connectivity index is 1.83. The maximum Gasteiger partial charge on any atom is 0.206 e. The second-order valence-corrected chi connectivity index (χ2v) is 7.55. The van der Waals surface area contributed by atoms with Crippen LogP contribution in [0.25, 0.3) is 22.4 Å². The van der Waals surface area contributed by atoms with Crippen molar-refractivity contribution in [2.75, 3.05) is 6.54 Å². The van der Waals surface area contributed by atoms with Gasteiger partial charge in [0.25, 0.3) is 0 Å². The zero-order valence-corrected chi connectivity index (χ0v) is 15.9. The first-order chi connectivity index (χ1) is 12.7. The summed E-state index contributed by atoms with van der Waals surface area (Å²) >= 11 is 3.19. The van der Waals surface area contributed by atoms with Crippen molar-refractivity contribution in [3.63, 3.8) is 0 Å². The van der Waals surface area contributed by atoms with Crippen LogP contribution in [0.1, 0.15) is 12.5 Å². The Kier molecular flexibility index (Phi) is 4.69. The van der Waals surface area contributed by atoms with Crippen LogP contribution in [0.4, 0.5) is 0 Å². The molecule has 0 amide bonds. The topological polar surface area (TPSA) is 42.8 Å². The number of para-hydroxylation sites is 1. The fourth-order valence-electron chi connectivity index (χ4n) is 2.47. The molecule has 130 valence electrons. The van der Waals surface area contributed by atoms with E-state index in [1.165, 1.54) is 0 Å². The minimum Gasteiger partial charge on any atom is -0.454 e. The van der Waals surface area contributed by atoms with Crippen LogP contribution in [-0.2, 0) is 0 Å². The van der Waals surface area contributed by atoms with E-state index in [4.69, 9.17) is 4.42 Å². The van der Waals surface area contributed by atoms with E-state index < -0.39 is 0 Å². The standard InChI is InChI=1S/C20H17N3OS2/c1-14(2)10-21-20-23(22-11-15-7-8-25-12-15)17(13-26-20)19-9-16-5-3-4-6-18(16)24-19/h3-9,11-13H,1,10H2,2H3. The van der Waals surface area contributed by atoms with E-state index in [0.717, 1.165) is 38.4 Å². The van der Waals surface area contributed by atoms with E-state index in [-0.39, 0.29) is 0 Å². The molecule has 0 radical (unpaired) electrons. The zero-order chi connectivity index (χ0) is 17.9. The third-order valence-electron chi connectivity index (χ3n) is 3.71. The predicted molar refractivity (Wildman–Crippen MR) is 110 cm³/mol. The van der Waals surface area contributed by atoms with Crippen molar-refractivity contribution < 1.29 is 4.42 Å². The second kappa shape index (κ2) is 7.27. The van der Waals surface area contributed by atoms with E-state index in [0.29, 0.717) is 6.54 Å². The Hall–Kier alpha value is -2.70. The lowest BCUT2D eigenvalue weighted by atomic mass is 10.2. The average molecular weight is 380 g/mol. The predicted octanol–water partition coefficient (Wildman–Crippen LogP) is 5.38. The number of furan rings is 1. The van der Waals surface area contributed by atoms with Crippen molar-refractivity contribution in [1.82, 2.24) is 4.68 Å². The molecule has 4 nitrogen and oxygen atoms in total. The van der Waals surface area contributed by atoms with Crippen LogP contribution >= 0.6 is 22.7 Å². The van der Waals surface area contributed by atoms with Crippen molar-refractivity contribution >= 4 is 39.9 Å². The van der Waals surface area contributed by atoms with Gasteiger partial charge in [-0.25, -0.2) is 4.68 Å². The number of thiophene rings is 1. The summed E-state index contributed by atoms with van der Waals surface area (Å²) in [6, 6.07) is 12.1. The van der Waals surface area contributed by atoms with Gasteiger partial charge in [0.1, 0.15) is 11.3 Å². The summed E-state index contributed by atoms with van der Waals surface area (Å²) in [4.78, 5) is 5.45.